The molecule has 1 rings (SSSR count). The Morgan fingerprint density at radius 2 is 1.86 bits per heavy atom. The molecule has 0 aliphatic heterocycles. The summed E-state index contributed by atoms with van der Waals surface area (Å²) in [6, 6.07) is 1.94. The maximum Gasteiger partial charge on any atom is 0.408 e. The Morgan fingerprint density at radius 3 is 2.33 bits per heavy atom. The maximum atomic E-state index is 14.0. The van der Waals surface area contributed by atoms with E-state index in [-0.39, 0.29) is 11.3 Å². The van der Waals surface area contributed by atoms with Gasteiger partial charge in [0, 0.05) is 0 Å². The zero-order chi connectivity index (χ0) is 16.4. The number of alkyl carbamates (subject to hydrolysis) is 1. The van der Waals surface area contributed by atoms with Crippen LogP contribution < -0.4 is 5.32 Å². The van der Waals surface area contributed by atoms with Crippen molar-refractivity contribution in [1.29, 1.82) is 0 Å². The topological polar surface area (TPSA) is 55.4 Å². The summed E-state index contributed by atoms with van der Waals surface area (Å²) in [6.45, 7) is 6.00. The zero-order valence-corrected chi connectivity index (χ0v) is 12.8. The molecule has 0 bridgehead atoms. The van der Waals surface area contributed by atoms with Gasteiger partial charge in [-0.2, -0.15) is 0 Å². The van der Waals surface area contributed by atoms with Crippen LogP contribution >= 0.6 is 11.6 Å². The van der Waals surface area contributed by atoms with Gasteiger partial charge in [-0.25, -0.2) is 13.6 Å². The van der Waals surface area contributed by atoms with Crippen LogP contribution in [0.2, 0.25) is 5.02 Å². The first kappa shape index (κ1) is 17.4. The number of rotatable bonds is 3. The second kappa shape index (κ2) is 5.97. The third-order valence-electron chi connectivity index (χ3n) is 2.56. The summed E-state index contributed by atoms with van der Waals surface area (Å²) in [7, 11) is 0. The van der Waals surface area contributed by atoms with Crippen LogP contribution in [0.4, 0.5) is 13.6 Å². The van der Waals surface area contributed by atoms with E-state index in [0.29, 0.717) is 0 Å². The number of hydrogen-bond acceptors (Lipinski definition) is 3. The second-order valence-corrected chi connectivity index (χ2v) is 6.07. The van der Waals surface area contributed by atoms with E-state index in [1.807, 2.05) is 0 Å². The lowest BCUT2D eigenvalue weighted by molar-refractivity contribution is -0.113. The van der Waals surface area contributed by atoms with Crippen molar-refractivity contribution in [2.24, 2.45) is 0 Å². The molecule has 1 N–H and O–H groups in total. The first-order chi connectivity index (χ1) is 9.50. The molecule has 21 heavy (non-hydrogen) atoms. The third kappa shape index (κ3) is 4.14. The number of amides is 1. The standard InChI is InChI=1S/C14H16ClF2NO3/c1-13(2,3)21-12(20)18-14(4,7-19)10-9(16)6-5-8(15)11(10)17/h5-7H,1-4H3,(H,18,20). The van der Waals surface area contributed by atoms with Gasteiger partial charge in [-0.3, -0.25) is 0 Å². The number of benzene rings is 1. The summed E-state index contributed by atoms with van der Waals surface area (Å²) >= 11 is 5.59. The molecule has 1 amide bonds. The van der Waals surface area contributed by atoms with E-state index in [4.69, 9.17) is 16.3 Å². The van der Waals surface area contributed by atoms with Gasteiger partial charge in [-0.05, 0) is 39.8 Å². The van der Waals surface area contributed by atoms with Gasteiger partial charge in [0.15, 0.2) is 5.82 Å². The molecule has 1 aromatic rings. The van der Waals surface area contributed by atoms with E-state index in [1.165, 1.54) is 0 Å². The number of carbonyl (C=O) groups is 2. The Kier molecular flexibility index (Phi) is 4.94. The van der Waals surface area contributed by atoms with Crippen molar-refractivity contribution >= 4 is 24.0 Å². The number of hydrogen-bond donors (Lipinski definition) is 1. The molecule has 0 saturated heterocycles. The summed E-state index contributed by atoms with van der Waals surface area (Å²) in [5.41, 5.74) is -3.41. The van der Waals surface area contributed by atoms with Crippen molar-refractivity contribution in [3.05, 3.63) is 34.4 Å². The minimum Gasteiger partial charge on any atom is -0.444 e. The van der Waals surface area contributed by atoms with E-state index in [0.717, 1.165) is 19.1 Å². The normalized spacial score (nSPS) is 14.2. The highest BCUT2D eigenvalue weighted by Crippen LogP contribution is 2.29. The van der Waals surface area contributed by atoms with Crippen molar-refractivity contribution in [3.8, 4) is 0 Å². The summed E-state index contributed by atoms with van der Waals surface area (Å²) in [4.78, 5) is 23.0. The van der Waals surface area contributed by atoms with E-state index < -0.39 is 34.4 Å². The van der Waals surface area contributed by atoms with Crippen LogP contribution in [0.3, 0.4) is 0 Å². The quantitative estimate of drug-likeness (QED) is 0.684. The summed E-state index contributed by atoms with van der Waals surface area (Å²) in [5, 5.41) is 1.80. The molecule has 0 saturated carbocycles. The molecule has 0 radical (unpaired) electrons. The smallest absolute Gasteiger partial charge is 0.408 e. The van der Waals surface area contributed by atoms with E-state index >= 15 is 0 Å². The van der Waals surface area contributed by atoms with E-state index in [1.54, 1.807) is 20.8 Å². The molecule has 0 aliphatic rings. The second-order valence-electron chi connectivity index (χ2n) is 5.67. The Bertz CT molecular complexity index is 572. The molecule has 1 atom stereocenters. The lowest BCUT2D eigenvalue weighted by atomic mass is 9.92. The number of nitrogens with one attached hydrogen (secondary N) is 1. The predicted molar refractivity (Wildman–Crippen MR) is 74.2 cm³/mol. The molecule has 0 heterocycles. The van der Waals surface area contributed by atoms with Gasteiger partial charge in [0.25, 0.3) is 0 Å². The number of carbonyl (C=O) groups excluding carboxylic acids is 2. The molecule has 1 unspecified atom stereocenters. The van der Waals surface area contributed by atoms with Crippen LogP contribution in [0.15, 0.2) is 12.1 Å². The summed E-state index contributed by atoms with van der Waals surface area (Å²) < 4.78 is 32.8. The Hall–Kier alpha value is -1.69. The molecule has 0 fully saturated rings. The van der Waals surface area contributed by atoms with Crippen LogP contribution in [0.25, 0.3) is 0 Å². The predicted octanol–water partition coefficient (Wildman–Crippen LogP) is 3.56. The van der Waals surface area contributed by atoms with Gasteiger partial charge in [0.05, 0.1) is 10.6 Å². The SMILES string of the molecule is CC(C)(C)OC(=O)NC(C)(C=O)c1c(F)ccc(Cl)c1F. The van der Waals surface area contributed by atoms with Gasteiger partial charge in [0.1, 0.15) is 23.2 Å². The van der Waals surface area contributed by atoms with Crippen LogP contribution in [-0.4, -0.2) is 18.0 Å². The lowest BCUT2D eigenvalue weighted by Gasteiger charge is -2.28. The maximum absolute atomic E-state index is 14.0. The zero-order valence-electron chi connectivity index (χ0n) is 12.1. The largest absolute Gasteiger partial charge is 0.444 e. The average molecular weight is 320 g/mol. The first-order valence-electron chi connectivity index (χ1n) is 6.11. The highest BCUT2D eigenvalue weighted by Gasteiger charge is 2.36. The molecule has 7 heteroatoms. The van der Waals surface area contributed by atoms with Crippen molar-refractivity contribution in [1.82, 2.24) is 5.32 Å². The molecule has 0 aromatic heterocycles. The van der Waals surface area contributed by atoms with Crippen LogP contribution in [0.5, 0.6) is 0 Å². The van der Waals surface area contributed by atoms with Crippen LogP contribution in [0.1, 0.15) is 33.3 Å². The highest BCUT2D eigenvalue weighted by atomic mass is 35.5. The molecule has 0 aliphatic carbocycles. The molecular weight excluding hydrogens is 304 g/mol. The van der Waals surface area contributed by atoms with E-state index in [2.05, 4.69) is 5.32 Å². The molecule has 1 aromatic carbocycles. The monoisotopic (exact) mass is 319 g/mol. The Labute approximate surface area is 126 Å². The van der Waals surface area contributed by atoms with Crippen LogP contribution in [-0.2, 0) is 15.1 Å². The average Bonchev–Trinajstić information content (AvgIpc) is 2.31. The fourth-order valence-electron chi connectivity index (χ4n) is 1.67. The van der Waals surface area contributed by atoms with Crippen molar-refractivity contribution in [3.63, 3.8) is 0 Å². The number of halogens is 3. The summed E-state index contributed by atoms with van der Waals surface area (Å²) in [5.74, 6) is -2.11. The van der Waals surface area contributed by atoms with Crippen molar-refractivity contribution in [2.45, 2.75) is 38.8 Å². The van der Waals surface area contributed by atoms with Gasteiger partial charge >= 0.3 is 6.09 Å². The number of ether oxygens (including phenoxy) is 1. The van der Waals surface area contributed by atoms with Crippen molar-refractivity contribution in [2.75, 3.05) is 0 Å². The Balaban J connectivity index is 3.20. The highest BCUT2D eigenvalue weighted by molar-refractivity contribution is 6.30. The molecule has 0 spiro atoms. The minimum absolute atomic E-state index is 0.217. The number of aldehydes is 1. The first-order valence-corrected chi connectivity index (χ1v) is 6.49. The lowest BCUT2D eigenvalue weighted by Crippen LogP contribution is -2.48. The third-order valence-corrected chi connectivity index (χ3v) is 2.85. The van der Waals surface area contributed by atoms with Gasteiger partial charge in [0.2, 0.25) is 0 Å². The molecular formula is C14H16ClF2NO3. The minimum atomic E-state index is -1.94. The van der Waals surface area contributed by atoms with Gasteiger partial charge < -0.3 is 14.8 Å². The summed E-state index contributed by atoms with van der Waals surface area (Å²) in [6.07, 6.45) is -0.759. The molecule has 4 nitrogen and oxygen atoms in total. The van der Waals surface area contributed by atoms with Gasteiger partial charge in [-0.1, -0.05) is 11.6 Å². The molecule has 116 valence electrons. The van der Waals surface area contributed by atoms with Gasteiger partial charge in [-0.15, -0.1) is 0 Å². The van der Waals surface area contributed by atoms with E-state index in [9.17, 15) is 18.4 Å². The fraction of sp³-hybridized carbons (Fsp3) is 0.429. The van der Waals surface area contributed by atoms with Crippen molar-refractivity contribution < 1.29 is 23.1 Å². The van der Waals surface area contributed by atoms with Crippen LogP contribution in [0, 0.1) is 11.6 Å². The Morgan fingerprint density at radius 1 is 1.29 bits per heavy atom. The fourth-order valence-corrected chi connectivity index (χ4v) is 1.83.